The molecular weight excluding hydrogens is 268 g/mol. The summed E-state index contributed by atoms with van der Waals surface area (Å²) in [6.45, 7) is 2.67. The molecule has 1 N–H and O–H groups in total. The Morgan fingerprint density at radius 2 is 1.90 bits per heavy atom. The van der Waals surface area contributed by atoms with Crippen LogP contribution >= 0.6 is 0 Å². The van der Waals surface area contributed by atoms with E-state index in [1.54, 1.807) is 14.0 Å². The van der Waals surface area contributed by atoms with Crippen LogP contribution in [0.2, 0.25) is 0 Å². The number of likely N-dealkylation sites (N-methyl/N-ethyl adjacent to an activating group) is 1. The Kier molecular flexibility index (Phi) is 5.33. The number of hydrogen-bond acceptors (Lipinski definition) is 4. The van der Waals surface area contributed by atoms with E-state index in [1.807, 2.05) is 35.2 Å². The lowest BCUT2D eigenvalue weighted by molar-refractivity contribution is -0.148. The maximum Gasteiger partial charge on any atom is 0.323 e. The summed E-state index contributed by atoms with van der Waals surface area (Å²) in [6.07, 6.45) is 1.35. The van der Waals surface area contributed by atoms with Crippen LogP contribution in [-0.4, -0.2) is 42.5 Å². The van der Waals surface area contributed by atoms with Crippen molar-refractivity contribution >= 4 is 11.9 Å². The van der Waals surface area contributed by atoms with Crippen molar-refractivity contribution < 1.29 is 14.3 Å². The topological polar surface area (TPSA) is 58.6 Å². The van der Waals surface area contributed by atoms with Crippen LogP contribution in [0.5, 0.6) is 0 Å². The Balaban J connectivity index is 1.87. The summed E-state index contributed by atoms with van der Waals surface area (Å²) in [4.78, 5) is 25.9. The number of benzene rings is 1. The maximum absolute atomic E-state index is 12.3. The summed E-state index contributed by atoms with van der Waals surface area (Å²) in [5, 5.41) is 2.93. The highest BCUT2D eigenvalue weighted by atomic mass is 16.5. The Morgan fingerprint density at radius 3 is 2.57 bits per heavy atom. The zero-order valence-electron chi connectivity index (χ0n) is 12.5. The summed E-state index contributed by atoms with van der Waals surface area (Å²) < 4.78 is 5.04. The molecule has 2 atom stereocenters. The van der Waals surface area contributed by atoms with Gasteiger partial charge < -0.3 is 10.1 Å². The van der Waals surface area contributed by atoms with Gasteiger partial charge in [-0.15, -0.1) is 0 Å². The van der Waals surface area contributed by atoms with E-state index in [4.69, 9.17) is 4.74 Å². The average molecular weight is 290 g/mol. The monoisotopic (exact) mass is 290 g/mol. The van der Waals surface area contributed by atoms with Crippen LogP contribution in [0, 0.1) is 0 Å². The van der Waals surface area contributed by atoms with Crippen molar-refractivity contribution in [2.24, 2.45) is 0 Å². The van der Waals surface area contributed by atoms with Crippen LogP contribution in [0.3, 0.4) is 0 Å². The number of hydrogen-bond donors (Lipinski definition) is 1. The van der Waals surface area contributed by atoms with Crippen molar-refractivity contribution in [2.45, 2.75) is 38.4 Å². The molecule has 1 fully saturated rings. The number of ether oxygens (including phenoxy) is 1. The summed E-state index contributed by atoms with van der Waals surface area (Å²) in [6, 6.07) is 9.21. The maximum atomic E-state index is 12.3. The molecule has 0 unspecified atom stereocenters. The van der Waals surface area contributed by atoms with Gasteiger partial charge in [0.1, 0.15) is 6.04 Å². The molecule has 0 aliphatic carbocycles. The first kappa shape index (κ1) is 15.5. The molecule has 21 heavy (non-hydrogen) atoms. The lowest BCUT2D eigenvalue weighted by atomic mass is 10.1. The predicted octanol–water partition coefficient (Wildman–Crippen LogP) is 1.33. The van der Waals surface area contributed by atoms with E-state index >= 15 is 0 Å². The first-order valence-corrected chi connectivity index (χ1v) is 7.33. The molecule has 0 bridgehead atoms. The van der Waals surface area contributed by atoms with E-state index in [9.17, 15) is 9.59 Å². The van der Waals surface area contributed by atoms with Crippen molar-refractivity contribution in [3.05, 3.63) is 35.9 Å². The van der Waals surface area contributed by atoms with Gasteiger partial charge in [-0.25, -0.2) is 0 Å². The third-order valence-electron chi connectivity index (χ3n) is 3.87. The number of carbonyl (C=O) groups excluding carboxylic acids is 2. The van der Waals surface area contributed by atoms with E-state index in [0.29, 0.717) is 26.0 Å². The minimum absolute atomic E-state index is 0.0341. The highest BCUT2D eigenvalue weighted by molar-refractivity contribution is 5.84. The highest BCUT2D eigenvalue weighted by Crippen LogP contribution is 2.23. The number of likely N-dealkylation sites (tertiary alicyclic amines) is 1. The van der Waals surface area contributed by atoms with Gasteiger partial charge >= 0.3 is 5.97 Å². The summed E-state index contributed by atoms with van der Waals surface area (Å²) in [7, 11) is 1.81. The second-order valence-corrected chi connectivity index (χ2v) is 5.23. The normalized spacial score (nSPS) is 22.0. The molecule has 0 saturated carbocycles. The van der Waals surface area contributed by atoms with Gasteiger partial charge in [0.05, 0.1) is 12.6 Å². The minimum Gasteiger partial charge on any atom is -0.465 e. The standard InChI is InChI=1S/C16H22N2O3/c1-3-21-16(20)14-10-9-13(18(14)2)15(19)17-11-12-7-5-4-6-8-12/h4-8,13-14H,3,9-11H2,1-2H3,(H,17,19)/t13-,14-/m1/s1. The van der Waals surface area contributed by atoms with Crippen LogP contribution in [0.15, 0.2) is 30.3 Å². The molecule has 1 aromatic rings. The van der Waals surface area contributed by atoms with E-state index in [-0.39, 0.29) is 24.0 Å². The minimum atomic E-state index is -0.308. The third-order valence-corrected chi connectivity index (χ3v) is 3.87. The largest absolute Gasteiger partial charge is 0.465 e. The molecule has 1 amide bonds. The molecule has 1 heterocycles. The first-order chi connectivity index (χ1) is 10.1. The Hall–Kier alpha value is -1.88. The van der Waals surface area contributed by atoms with Gasteiger partial charge in [0.25, 0.3) is 0 Å². The summed E-state index contributed by atoms with van der Waals surface area (Å²) in [5.74, 6) is -0.272. The zero-order chi connectivity index (χ0) is 15.2. The summed E-state index contributed by atoms with van der Waals surface area (Å²) in [5.41, 5.74) is 1.06. The fourth-order valence-corrected chi connectivity index (χ4v) is 2.68. The molecule has 2 rings (SSSR count). The molecule has 1 aliphatic rings. The van der Waals surface area contributed by atoms with Crippen LogP contribution < -0.4 is 5.32 Å². The number of nitrogens with zero attached hydrogens (tertiary/aromatic N) is 1. The van der Waals surface area contributed by atoms with Crippen LogP contribution in [0.25, 0.3) is 0 Å². The molecule has 0 aromatic heterocycles. The molecular formula is C16H22N2O3. The molecule has 1 saturated heterocycles. The fourth-order valence-electron chi connectivity index (χ4n) is 2.68. The van der Waals surface area contributed by atoms with Gasteiger partial charge in [-0.3, -0.25) is 14.5 Å². The first-order valence-electron chi connectivity index (χ1n) is 7.33. The van der Waals surface area contributed by atoms with E-state index in [2.05, 4.69) is 5.32 Å². The van der Waals surface area contributed by atoms with E-state index in [0.717, 1.165) is 5.56 Å². The molecule has 114 valence electrons. The van der Waals surface area contributed by atoms with Gasteiger partial charge in [-0.1, -0.05) is 30.3 Å². The van der Waals surface area contributed by atoms with Gasteiger partial charge in [0.15, 0.2) is 0 Å². The molecule has 1 aromatic carbocycles. The van der Waals surface area contributed by atoms with Crippen molar-refractivity contribution in [1.29, 1.82) is 0 Å². The number of amides is 1. The van der Waals surface area contributed by atoms with E-state index < -0.39 is 0 Å². The Labute approximate surface area is 125 Å². The quantitative estimate of drug-likeness (QED) is 0.831. The van der Waals surface area contributed by atoms with Crippen molar-refractivity contribution in [3.63, 3.8) is 0 Å². The second-order valence-electron chi connectivity index (χ2n) is 5.23. The Morgan fingerprint density at radius 1 is 1.24 bits per heavy atom. The van der Waals surface area contributed by atoms with Gasteiger partial charge in [-0.2, -0.15) is 0 Å². The number of nitrogens with one attached hydrogen (secondary N) is 1. The molecule has 5 nitrogen and oxygen atoms in total. The third kappa shape index (κ3) is 3.82. The number of carbonyl (C=O) groups is 2. The molecule has 1 aliphatic heterocycles. The van der Waals surface area contributed by atoms with E-state index in [1.165, 1.54) is 0 Å². The van der Waals surface area contributed by atoms with Crippen molar-refractivity contribution in [3.8, 4) is 0 Å². The lowest BCUT2D eigenvalue weighted by Gasteiger charge is -2.23. The predicted molar refractivity (Wildman–Crippen MR) is 79.5 cm³/mol. The van der Waals surface area contributed by atoms with Crippen LogP contribution in [-0.2, 0) is 20.9 Å². The molecule has 5 heteroatoms. The number of esters is 1. The average Bonchev–Trinajstić information content (AvgIpc) is 2.88. The van der Waals surface area contributed by atoms with Gasteiger partial charge in [-0.05, 0) is 32.4 Å². The zero-order valence-corrected chi connectivity index (χ0v) is 12.5. The van der Waals surface area contributed by atoms with Crippen molar-refractivity contribution in [1.82, 2.24) is 10.2 Å². The van der Waals surface area contributed by atoms with Gasteiger partial charge in [0, 0.05) is 6.54 Å². The second kappa shape index (κ2) is 7.22. The van der Waals surface area contributed by atoms with Crippen molar-refractivity contribution in [2.75, 3.05) is 13.7 Å². The smallest absolute Gasteiger partial charge is 0.323 e. The fraction of sp³-hybridized carbons (Fsp3) is 0.500. The SMILES string of the molecule is CCOC(=O)[C@H]1CC[C@H](C(=O)NCc2ccccc2)N1C. The highest BCUT2D eigenvalue weighted by Gasteiger charge is 2.39. The van der Waals surface area contributed by atoms with Crippen LogP contribution in [0.4, 0.5) is 0 Å². The lowest BCUT2D eigenvalue weighted by Crippen LogP contribution is -2.46. The van der Waals surface area contributed by atoms with Crippen LogP contribution in [0.1, 0.15) is 25.3 Å². The molecule has 0 spiro atoms. The molecule has 0 radical (unpaired) electrons. The van der Waals surface area contributed by atoms with Gasteiger partial charge in [0.2, 0.25) is 5.91 Å². The number of rotatable bonds is 5. The Bertz CT molecular complexity index is 490. The summed E-state index contributed by atoms with van der Waals surface area (Å²) >= 11 is 0.